The van der Waals surface area contributed by atoms with E-state index < -0.39 is 4.92 Å². The highest BCUT2D eigenvalue weighted by Gasteiger charge is 2.13. The van der Waals surface area contributed by atoms with Gasteiger partial charge in [0.05, 0.1) is 7.05 Å². The largest absolute Gasteiger partial charge is 0.378 e. The van der Waals surface area contributed by atoms with Gasteiger partial charge in [-0.1, -0.05) is 0 Å². The van der Waals surface area contributed by atoms with E-state index in [0.29, 0.717) is 5.82 Å². The van der Waals surface area contributed by atoms with Crippen molar-refractivity contribution in [1.29, 1.82) is 0 Å². The average Bonchev–Trinajstić information content (AvgIpc) is 2.62. The SMILES string of the molecule is CCN(C=Cc1ncc([N+](=O)[O-])n1C)CC. The minimum atomic E-state index is -0.443. The molecular formula is C10H16N4O2. The van der Waals surface area contributed by atoms with Crippen molar-refractivity contribution in [2.24, 2.45) is 7.05 Å². The van der Waals surface area contributed by atoms with Crippen LogP contribution in [0.5, 0.6) is 0 Å². The molecule has 0 aromatic carbocycles. The first-order valence-electron chi connectivity index (χ1n) is 5.18. The van der Waals surface area contributed by atoms with Gasteiger partial charge in [0, 0.05) is 25.4 Å². The van der Waals surface area contributed by atoms with Crippen LogP contribution in [0.4, 0.5) is 5.82 Å². The van der Waals surface area contributed by atoms with Crippen LogP contribution in [0.25, 0.3) is 6.08 Å². The number of nitro groups is 1. The highest BCUT2D eigenvalue weighted by atomic mass is 16.6. The predicted octanol–water partition coefficient (Wildman–Crippen LogP) is 1.64. The summed E-state index contributed by atoms with van der Waals surface area (Å²) in [5.41, 5.74) is 0. The Hall–Kier alpha value is -1.85. The smallest absolute Gasteiger partial charge is 0.342 e. The van der Waals surface area contributed by atoms with Gasteiger partial charge in [-0.15, -0.1) is 0 Å². The second-order valence-corrected chi connectivity index (χ2v) is 3.33. The zero-order valence-corrected chi connectivity index (χ0v) is 9.75. The number of rotatable bonds is 5. The van der Waals surface area contributed by atoms with Crippen LogP contribution in [0.15, 0.2) is 12.4 Å². The summed E-state index contributed by atoms with van der Waals surface area (Å²) in [6, 6.07) is 0. The number of nitrogens with zero attached hydrogens (tertiary/aromatic N) is 4. The molecule has 0 aliphatic rings. The third-order valence-electron chi connectivity index (χ3n) is 2.43. The number of hydrogen-bond donors (Lipinski definition) is 0. The van der Waals surface area contributed by atoms with Crippen molar-refractivity contribution in [2.75, 3.05) is 13.1 Å². The molecule has 0 spiro atoms. The molecule has 1 heterocycles. The van der Waals surface area contributed by atoms with Gasteiger partial charge in [-0.2, -0.15) is 0 Å². The Bertz CT molecular complexity index is 394. The lowest BCUT2D eigenvalue weighted by Crippen LogP contribution is -2.15. The lowest BCUT2D eigenvalue weighted by atomic mass is 10.5. The molecule has 0 aliphatic heterocycles. The Morgan fingerprint density at radius 2 is 2.19 bits per heavy atom. The van der Waals surface area contributed by atoms with Gasteiger partial charge in [-0.25, -0.2) is 9.55 Å². The van der Waals surface area contributed by atoms with Gasteiger partial charge in [0.1, 0.15) is 6.20 Å². The third kappa shape index (κ3) is 2.59. The van der Waals surface area contributed by atoms with E-state index in [1.165, 1.54) is 10.8 Å². The summed E-state index contributed by atoms with van der Waals surface area (Å²) < 4.78 is 1.46. The third-order valence-corrected chi connectivity index (χ3v) is 2.43. The number of aromatic nitrogens is 2. The van der Waals surface area contributed by atoms with Gasteiger partial charge in [-0.3, -0.25) is 0 Å². The molecule has 0 bridgehead atoms. The zero-order chi connectivity index (χ0) is 12.1. The molecule has 1 aromatic rings. The second-order valence-electron chi connectivity index (χ2n) is 3.33. The van der Waals surface area contributed by atoms with Gasteiger partial charge < -0.3 is 15.0 Å². The molecule has 6 heteroatoms. The van der Waals surface area contributed by atoms with E-state index in [9.17, 15) is 10.1 Å². The van der Waals surface area contributed by atoms with Crippen molar-refractivity contribution in [3.63, 3.8) is 0 Å². The van der Waals surface area contributed by atoms with Crippen LogP contribution in [0.2, 0.25) is 0 Å². The Kier molecular flexibility index (Phi) is 4.04. The highest BCUT2D eigenvalue weighted by Crippen LogP contribution is 2.12. The van der Waals surface area contributed by atoms with Crippen LogP contribution in [0.1, 0.15) is 19.7 Å². The molecule has 6 nitrogen and oxygen atoms in total. The minimum absolute atomic E-state index is 0.000744. The number of imidazole rings is 1. The molecule has 1 rings (SSSR count). The summed E-state index contributed by atoms with van der Waals surface area (Å²) >= 11 is 0. The first kappa shape index (κ1) is 12.2. The normalized spacial score (nSPS) is 10.9. The van der Waals surface area contributed by atoms with Crippen molar-refractivity contribution in [3.8, 4) is 0 Å². The maximum absolute atomic E-state index is 10.6. The standard InChI is InChI=1S/C10H16N4O2/c1-4-13(5-2)7-6-9-11-8-10(12(9)3)14(15)16/h6-8H,4-5H2,1-3H3. The van der Waals surface area contributed by atoms with Crippen molar-refractivity contribution in [2.45, 2.75) is 13.8 Å². The lowest BCUT2D eigenvalue weighted by Gasteiger charge is -2.13. The van der Waals surface area contributed by atoms with Gasteiger partial charge >= 0.3 is 5.82 Å². The minimum Gasteiger partial charge on any atom is -0.378 e. The predicted molar refractivity (Wildman–Crippen MR) is 61.8 cm³/mol. The fourth-order valence-corrected chi connectivity index (χ4v) is 1.35. The summed E-state index contributed by atoms with van der Waals surface area (Å²) in [4.78, 5) is 16.2. The molecule has 0 aliphatic carbocycles. The summed E-state index contributed by atoms with van der Waals surface area (Å²) in [7, 11) is 1.63. The van der Waals surface area contributed by atoms with E-state index >= 15 is 0 Å². The van der Waals surface area contributed by atoms with Gasteiger partial charge in [0.25, 0.3) is 0 Å². The molecule has 0 saturated heterocycles. The molecule has 0 fully saturated rings. The fraction of sp³-hybridized carbons (Fsp3) is 0.500. The number of hydrogen-bond acceptors (Lipinski definition) is 4. The first-order valence-corrected chi connectivity index (χ1v) is 5.18. The van der Waals surface area contributed by atoms with Crippen molar-refractivity contribution < 1.29 is 4.92 Å². The Morgan fingerprint density at radius 3 is 2.62 bits per heavy atom. The molecule has 1 aromatic heterocycles. The highest BCUT2D eigenvalue weighted by molar-refractivity contribution is 5.43. The van der Waals surface area contributed by atoms with Crippen LogP contribution < -0.4 is 0 Å². The maximum Gasteiger partial charge on any atom is 0.342 e. The molecule has 0 atom stereocenters. The van der Waals surface area contributed by atoms with Crippen molar-refractivity contribution in [3.05, 3.63) is 28.3 Å². The van der Waals surface area contributed by atoms with Crippen LogP contribution >= 0.6 is 0 Å². The first-order chi connectivity index (χ1) is 7.60. The van der Waals surface area contributed by atoms with Crippen LogP contribution in [-0.4, -0.2) is 32.5 Å². The molecule has 0 N–H and O–H groups in total. The van der Waals surface area contributed by atoms with Gasteiger partial charge in [0.2, 0.25) is 5.82 Å². The van der Waals surface area contributed by atoms with Gasteiger partial charge in [0.15, 0.2) is 0 Å². The van der Waals surface area contributed by atoms with Gasteiger partial charge in [-0.05, 0) is 18.8 Å². The van der Waals surface area contributed by atoms with Crippen molar-refractivity contribution >= 4 is 11.9 Å². The van der Waals surface area contributed by atoms with E-state index in [4.69, 9.17) is 0 Å². The molecule has 0 saturated carbocycles. The van der Waals surface area contributed by atoms with E-state index in [-0.39, 0.29) is 5.82 Å². The molecule has 0 amide bonds. The summed E-state index contributed by atoms with van der Waals surface area (Å²) in [5, 5.41) is 10.6. The molecule has 0 unspecified atom stereocenters. The molecule has 0 radical (unpaired) electrons. The summed E-state index contributed by atoms with van der Waals surface area (Å²) in [6.45, 7) is 5.91. The topological polar surface area (TPSA) is 64.2 Å². The molecule has 88 valence electrons. The Morgan fingerprint density at radius 1 is 1.56 bits per heavy atom. The van der Waals surface area contributed by atoms with E-state index in [0.717, 1.165) is 13.1 Å². The summed E-state index contributed by atoms with van der Waals surface area (Å²) in [5.74, 6) is 0.581. The second kappa shape index (κ2) is 5.29. The lowest BCUT2D eigenvalue weighted by molar-refractivity contribution is -0.391. The van der Waals surface area contributed by atoms with Crippen LogP contribution in [-0.2, 0) is 7.05 Å². The van der Waals surface area contributed by atoms with E-state index in [1.807, 2.05) is 6.20 Å². The quantitative estimate of drug-likeness (QED) is 0.563. The fourth-order valence-electron chi connectivity index (χ4n) is 1.35. The monoisotopic (exact) mass is 224 g/mol. The molecule has 16 heavy (non-hydrogen) atoms. The van der Waals surface area contributed by atoms with E-state index in [2.05, 4.69) is 23.7 Å². The Labute approximate surface area is 94.3 Å². The maximum atomic E-state index is 10.6. The average molecular weight is 224 g/mol. The van der Waals surface area contributed by atoms with E-state index in [1.54, 1.807) is 13.1 Å². The zero-order valence-electron chi connectivity index (χ0n) is 9.75. The summed E-state index contributed by atoms with van der Waals surface area (Å²) in [6.07, 6.45) is 4.94. The Balaban J connectivity index is 2.86. The molecular weight excluding hydrogens is 208 g/mol. The van der Waals surface area contributed by atoms with Crippen molar-refractivity contribution in [1.82, 2.24) is 14.5 Å². The van der Waals surface area contributed by atoms with Crippen LogP contribution in [0, 0.1) is 10.1 Å². The van der Waals surface area contributed by atoms with Crippen LogP contribution in [0.3, 0.4) is 0 Å².